The summed E-state index contributed by atoms with van der Waals surface area (Å²) in [5.74, 6) is 0.577. The Morgan fingerprint density at radius 2 is 1.64 bits per heavy atom. The van der Waals surface area contributed by atoms with Crippen molar-refractivity contribution in [2.75, 3.05) is 11.9 Å². The summed E-state index contributed by atoms with van der Waals surface area (Å²) in [6, 6.07) is 22.5. The number of nitrogens with one attached hydrogen (secondary N) is 1. The van der Waals surface area contributed by atoms with Gasteiger partial charge in [-0.05, 0) is 35.9 Å². The molecule has 1 amide bonds. The molecule has 0 saturated carbocycles. The molecular formula is C21H18N2O5. The molecule has 0 saturated heterocycles. The summed E-state index contributed by atoms with van der Waals surface area (Å²) in [6.07, 6.45) is 0. The van der Waals surface area contributed by atoms with Crippen LogP contribution >= 0.6 is 0 Å². The zero-order valence-electron chi connectivity index (χ0n) is 14.9. The highest BCUT2D eigenvalue weighted by Crippen LogP contribution is 2.20. The van der Waals surface area contributed by atoms with E-state index in [0.29, 0.717) is 18.0 Å². The predicted octanol–water partition coefficient (Wildman–Crippen LogP) is 4.19. The van der Waals surface area contributed by atoms with Gasteiger partial charge in [-0.3, -0.25) is 14.9 Å². The minimum atomic E-state index is -0.519. The van der Waals surface area contributed by atoms with Gasteiger partial charge in [0.05, 0.1) is 11.0 Å². The lowest BCUT2D eigenvalue weighted by Gasteiger charge is -2.09. The number of amides is 1. The van der Waals surface area contributed by atoms with Gasteiger partial charge >= 0.3 is 0 Å². The van der Waals surface area contributed by atoms with Gasteiger partial charge in [0.25, 0.3) is 11.6 Å². The van der Waals surface area contributed by atoms with Crippen LogP contribution in [0.25, 0.3) is 0 Å². The van der Waals surface area contributed by atoms with Crippen LogP contribution < -0.4 is 14.8 Å². The van der Waals surface area contributed by atoms with Crippen LogP contribution in [-0.4, -0.2) is 17.4 Å². The monoisotopic (exact) mass is 378 g/mol. The lowest BCUT2D eigenvalue weighted by molar-refractivity contribution is -0.384. The molecule has 0 heterocycles. The summed E-state index contributed by atoms with van der Waals surface area (Å²) in [6.45, 7) is 0.205. The van der Waals surface area contributed by atoms with E-state index in [2.05, 4.69) is 5.32 Å². The number of carbonyl (C=O) groups excluding carboxylic acids is 1. The molecule has 0 spiro atoms. The number of benzene rings is 3. The van der Waals surface area contributed by atoms with Crippen molar-refractivity contribution in [3.63, 3.8) is 0 Å². The molecule has 0 bridgehead atoms. The van der Waals surface area contributed by atoms with Crippen molar-refractivity contribution < 1.29 is 19.2 Å². The third kappa shape index (κ3) is 5.57. The minimum Gasteiger partial charge on any atom is -0.489 e. The van der Waals surface area contributed by atoms with E-state index in [1.807, 2.05) is 30.3 Å². The van der Waals surface area contributed by atoms with E-state index in [0.717, 1.165) is 5.56 Å². The molecule has 0 unspecified atom stereocenters. The van der Waals surface area contributed by atoms with Gasteiger partial charge in [0.15, 0.2) is 6.61 Å². The van der Waals surface area contributed by atoms with Crippen LogP contribution in [0.4, 0.5) is 11.4 Å². The van der Waals surface area contributed by atoms with Crippen LogP contribution in [0.2, 0.25) is 0 Å². The number of hydrogen-bond donors (Lipinski definition) is 1. The molecule has 0 aliphatic rings. The van der Waals surface area contributed by atoms with Gasteiger partial charge in [-0.1, -0.05) is 36.4 Å². The third-order valence-electron chi connectivity index (χ3n) is 3.78. The Balaban J connectivity index is 1.47. The summed E-state index contributed by atoms with van der Waals surface area (Å²) in [5.41, 5.74) is 1.57. The average Bonchev–Trinajstić information content (AvgIpc) is 2.73. The molecule has 7 nitrogen and oxygen atoms in total. The highest BCUT2D eigenvalue weighted by atomic mass is 16.6. The number of hydrogen-bond acceptors (Lipinski definition) is 5. The Bertz CT molecular complexity index is 943. The van der Waals surface area contributed by atoms with Crippen LogP contribution in [0.15, 0.2) is 78.9 Å². The largest absolute Gasteiger partial charge is 0.489 e. The number of carbonyl (C=O) groups is 1. The van der Waals surface area contributed by atoms with Crippen molar-refractivity contribution in [1.82, 2.24) is 0 Å². The van der Waals surface area contributed by atoms with Gasteiger partial charge in [-0.15, -0.1) is 0 Å². The SMILES string of the molecule is O=C(COc1cccc([N+](=O)[O-])c1)Nc1ccc(OCc2ccccc2)cc1. The summed E-state index contributed by atoms with van der Waals surface area (Å²) in [4.78, 5) is 22.2. The molecule has 28 heavy (non-hydrogen) atoms. The number of ether oxygens (including phenoxy) is 2. The number of nitrogens with zero attached hydrogens (tertiary/aromatic N) is 1. The molecule has 3 rings (SSSR count). The van der Waals surface area contributed by atoms with E-state index in [-0.39, 0.29) is 24.0 Å². The van der Waals surface area contributed by atoms with Crippen molar-refractivity contribution in [2.24, 2.45) is 0 Å². The first-order valence-corrected chi connectivity index (χ1v) is 8.54. The highest BCUT2D eigenvalue weighted by Gasteiger charge is 2.08. The van der Waals surface area contributed by atoms with E-state index >= 15 is 0 Å². The normalized spacial score (nSPS) is 10.1. The van der Waals surface area contributed by atoms with Crippen molar-refractivity contribution >= 4 is 17.3 Å². The smallest absolute Gasteiger partial charge is 0.273 e. The minimum absolute atomic E-state index is 0.0935. The van der Waals surface area contributed by atoms with Crippen LogP contribution in [0.5, 0.6) is 11.5 Å². The maximum Gasteiger partial charge on any atom is 0.273 e. The van der Waals surface area contributed by atoms with E-state index in [1.54, 1.807) is 30.3 Å². The highest BCUT2D eigenvalue weighted by molar-refractivity contribution is 5.91. The van der Waals surface area contributed by atoms with Crippen molar-refractivity contribution in [1.29, 1.82) is 0 Å². The predicted molar refractivity (Wildman–Crippen MR) is 104 cm³/mol. The number of anilines is 1. The Morgan fingerprint density at radius 3 is 2.36 bits per heavy atom. The molecule has 0 fully saturated rings. The van der Waals surface area contributed by atoms with Crippen LogP contribution in [-0.2, 0) is 11.4 Å². The van der Waals surface area contributed by atoms with Gasteiger partial charge in [0, 0.05) is 11.8 Å². The van der Waals surface area contributed by atoms with Gasteiger partial charge < -0.3 is 14.8 Å². The number of rotatable bonds is 8. The first-order chi connectivity index (χ1) is 13.6. The molecule has 142 valence electrons. The Labute approximate surface area is 161 Å². The molecule has 1 N–H and O–H groups in total. The molecule has 0 radical (unpaired) electrons. The summed E-state index contributed by atoms with van der Waals surface area (Å²) in [7, 11) is 0. The maximum atomic E-state index is 12.0. The van der Waals surface area contributed by atoms with E-state index in [4.69, 9.17) is 9.47 Å². The fraction of sp³-hybridized carbons (Fsp3) is 0.0952. The summed E-state index contributed by atoms with van der Waals surface area (Å²) < 4.78 is 11.0. The maximum absolute atomic E-state index is 12.0. The van der Waals surface area contributed by atoms with Crippen molar-refractivity contribution in [2.45, 2.75) is 6.61 Å². The van der Waals surface area contributed by atoms with E-state index in [9.17, 15) is 14.9 Å². The van der Waals surface area contributed by atoms with Gasteiger partial charge in [0.1, 0.15) is 18.1 Å². The molecule has 3 aromatic carbocycles. The average molecular weight is 378 g/mol. The zero-order valence-corrected chi connectivity index (χ0v) is 14.9. The molecule has 7 heteroatoms. The van der Waals surface area contributed by atoms with Crippen LogP contribution in [0, 0.1) is 10.1 Å². The molecule has 0 aliphatic carbocycles. The fourth-order valence-corrected chi connectivity index (χ4v) is 2.41. The second kappa shape index (κ2) is 9.18. The second-order valence-electron chi connectivity index (χ2n) is 5.89. The summed E-state index contributed by atoms with van der Waals surface area (Å²) >= 11 is 0. The standard InChI is InChI=1S/C21H18N2O5/c24-21(15-28-20-8-4-7-18(13-20)23(25)26)22-17-9-11-19(12-10-17)27-14-16-5-2-1-3-6-16/h1-13H,14-15H2,(H,22,24). The fourth-order valence-electron chi connectivity index (χ4n) is 2.41. The lowest BCUT2D eigenvalue weighted by atomic mass is 10.2. The number of non-ortho nitro benzene ring substituents is 1. The summed E-state index contributed by atoms with van der Waals surface area (Å²) in [5, 5.41) is 13.4. The van der Waals surface area contributed by atoms with Gasteiger partial charge in [0.2, 0.25) is 0 Å². The topological polar surface area (TPSA) is 90.7 Å². The molecular weight excluding hydrogens is 360 g/mol. The number of nitro groups is 1. The van der Waals surface area contributed by atoms with Crippen LogP contribution in [0.3, 0.4) is 0 Å². The lowest BCUT2D eigenvalue weighted by Crippen LogP contribution is -2.20. The Kier molecular flexibility index (Phi) is 6.20. The Hall–Kier alpha value is -3.87. The van der Waals surface area contributed by atoms with Gasteiger partial charge in [-0.2, -0.15) is 0 Å². The van der Waals surface area contributed by atoms with E-state index in [1.165, 1.54) is 18.2 Å². The molecule has 3 aromatic rings. The third-order valence-corrected chi connectivity index (χ3v) is 3.78. The zero-order chi connectivity index (χ0) is 19.8. The quantitative estimate of drug-likeness (QED) is 0.469. The first kappa shape index (κ1) is 18.9. The van der Waals surface area contributed by atoms with Crippen LogP contribution in [0.1, 0.15) is 5.56 Å². The number of nitro benzene ring substituents is 1. The Morgan fingerprint density at radius 1 is 0.893 bits per heavy atom. The second-order valence-corrected chi connectivity index (χ2v) is 5.89. The van der Waals surface area contributed by atoms with Crippen molar-refractivity contribution in [3.05, 3.63) is 94.5 Å². The van der Waals surface area contributed by atoms with Gasteiger partial charge in [-0.25, -0.2) is 0 Å². The molecule has 0 atom stereocenters. The van der Waals surface area contributed by atoms with Crippen molar-refractivity contribution in [3.8, 4) is 11.5 Å². The van der Waals surface area contributed by atoms with E-state index < -0.39 is 4.92 Å². The molecule has 0 aliphatic heterocycles. The first-order valence-electron chi connectivity index (χ1n) is 8.54. The molecule has 0 aromatic heterocycles.